The van der Waals surface area contributed by atoms with Gasteiger partial charge in [-0.2, -0.15) is 0 Å². The van der Waals surface area contributed by atoms with Crippen molar-refractivity contribution in [2.45, 2.75) is 65.3 Å². The Balaban J connectivity index is 0.812. The maximum absolute atomic E-state index is 14.0. The average molecular weight is 939 g/mol. The van der Waals surface area contributed by atoms with Gasteiger partial charge in [-0.1, -0.05) is 57.2 Å². The number of aliphatic hydroxyl groups is 1. The van der Waals surface area contributed by atoms with Crippen LogP contribution in [0.2, 0.25) is 0 Å². The Labute approximate surface area is 396 Å². The number of nitrogens with one attached hydrogen (secondary N) is 2. The largest absolute Gasteiger partial charge is 0.491 e. The van der Waals surface area contributed by atoms with E-state index in [0.717, 1.165) is 49.6 Å². The van der Waals surface area contributed by atoms with Crippen LogP contribution < -0.4 is 20.1 Å². The minimum absolute atomic E-state index is 0.0193. The van der Waals surface area contributed by atoms with Gasteiger partial charge < -0.3 is 49.1 Å². The predicted molar refractivity (Wildman–Crippen MR) is 257 cm³/mol. The molecule has 3 amide bonds. The van der Waals surface area contributed by atoms with E-state index in [1.165, 1.54) is 4.90 Å². The fourth-order valence-corrected chi connectivity index (χ4v) is 8.20. The highest BCUT2D eigenvalue weighted by Crippen LogP contribution is 2.30. The number of methoxy groups -OCH3 is 1. The molecule has 2 aromatic carbocycles. The lowest BCUT2D eigenvalue weighted by Gasteiger charge is -2.35. The molecular weight excluding hydrogens is 877 g/mol. The van der Waals surface area contributed by atoms with Crippen molar-refractivity contribution in [1.29, 1.82) is 0 Å². The molecule has 4 heterocycles. The Morgan fingerprint density at radius 2 is 1.57 bits per heavy atom. The van der Waals surface area contributed by atoms with Gasteiger partial charge in [0.15, 0.2) is 0 Å². The molecular formula is C50H62N6O10S. The second-order valence-corrected chi connectivity index (χ2v) is 18.0. The highest BCUT2D eigenvalue weighted by Gasteiger charge is 2.44. The van der Waals surface area contributed by atoms with Crippen LogP contribution >= 0.6 is 11.3 Å². The van der Waals surface area contributed by atoms with Crippen molar-refractivity contribution in [3.63, 3.8) is 0 Å². The number of thiazole rings is 1. The summed E-state index contributed by atoms with van der Waals surface area (Å²) >= 11 is 1.57. The molecule has 1 fully saturated rings. The Morgan fingerprint density at radius 1 is 0.866 bits per heavy atom. The summed E-state index contributed by atoms with van der Waals surface area (Å²) in [6, 6.07) is 19.2. The zero-order valence-electron chi connectivity index (χ0n) is 39.1. The van der Waals surface area contributed by atoms with Crippen molar-refractivity contribution in [3.8, 4) is 22.1 Å². The fourth-order valence-electron chi connectivity index (χ4n) is 7.38. The van der Waals surface area contributed by atoms with Gasteiger partial charge in [0.25, 0.3) is 0 Å². The number of pyridine rings is 2. The van der Waals surface area contributed by atoms with E-state index in [1.807, 2.05) is 119 Å². The first-order valence-electron chi connectivity index (χ1n) is 22.4. The molecule has 0 unspecified atom stereocenters. The zero-order valence-corrected chi connectivity index (χ0v) is 39.9. The van der Waals surface area contributed by atoms with Crippen LogP contribution in [-0.4, -0.2) is 134 Å². The summed E-state index contributed by atoms with van der Waals surface area (Å²) in [5.41, 5.74) is 6.69. The van der Waals surface area contributed by atoms with E-state index in [4.69, 9.17) is 33.4 Å². The topological polar surface area (TPSA) is 193 Å². The third kappa shape index (κ3) is 15.1. The van der Waals surface area contributed by atoms with Crippen LogP contribution in [0.4, 0.5) is 0 Å². The Hall–Kier alpha value is -5.82. The van der Waals surface area contributed by atoms with Crippen molar-refractivity contribution in [1.82, 2.24) is 30.5 Å². The summed E-state index contributed by atoms with van der Waals surface area (Å²) in [7, 11) is 1.59. The fraction of sp³-hybridized carbons (Fsp3) is 0.440. The lowest BCUT2D eigenvalue weighted by atomic mass is 9.85. The Kier molecular flexibility index (Phi) is 18.7. The van der Waals surface area contributed by atoms with Crippen LogP contribution in [0.5, 0.6) is 11.6 Å². The molecule has 3 N–H and O–H groups in total. The average Bonchev–Trinajstić information content (AvgIpc) is 3.94. The molecule has 5 aromatic rings. The minimum Gasteiger partial charge on any atom is -0.491 e. The number of likely N-dealkylation sites (tertiary alicyclic amines) is 1. The van der Waals surface area contributed by atoms with Gasteiger partial charge >= 0.3 is 0 Å². The number of benzene rings is 2. The molecule has 67 heavy (non-hydrogen) atoms. The second-order valence-electron chi connectivity index (χ2n) is 17.2. The molecule has 0 spiro atoms. The molecule has 3 aromatic heterocycles. The molecule has 1 aliphatic heterocycles. The SMILES string of the molecule is COc1cc(/C=C/c2ccc3cc(OCCOCCOCCOCCOCC(=O)N[C@H](C(=O)N4C[C@H](O)C[C@H]4C(=O)N[C@@H](C)c4ccc(-c5scnc5C)cc4)C(C)(C)C)ccc3n2)ccn1. The van der Waals surface area contributed by atoms with E-state index < -0.39 is 35.4 Å². The van der Waals surface area contributed by atoms with E-state index in [-0.39, 0.29) is 44.7 Å². The minimum atomic E-state index is -0.967. The van der Waals surface area contributed by atoms with Crippen molar-refractivity contribution < 1.29 is 47.9 Å². The predicted octanol–water partition coefficient (Wildman–Crippen LogP) is 6.06. The molecule has 4 atom stereocenters. The number of ether oxygens (including phenoxy) is 6. The maximum atomic E-state index is 14.0. The molecule has 16 nitrogen and oxygen atoms in total. The molecule has 0 aliphatic carbocycles. The van der Waals surface area contributed by atoms with Gasteiger partial charge in [-0.15, -0.1) is 11.3 Å². The number of carbonyl (C=O) groups is 3. The Bertz CT molecular complexity index is 2420. The quantitative estimate of drug-likeness (QED) is 0.0606. The summed E-state index contributed by atoms with van der Waals surface area (Å²) in [6.45, 7) is 11.7. The van der Waals surface area contributed by atoms with Crippen LogP contribution in [0, 0.1) is 12.3 Å². The molecule has 0 radical (unpaired) electrons. The van der Waals surface area contributed by atoms with E-state index in [2.05, 4.69) is 20.6 Å². The van der Waals surface area contributed by atoms with Crippen molar-refractivity contribution in [3.05, 3.63) is 101 Å². The van der Waals surface area contributed by atoms with Crippen LogP contribution in [0.1, 0.15) is 62.7 Å². The van der Waals surface area contributed by atoms with Crippen molar-refractivity contribution >= 4 is 52.1 Å². The molecule has 17 heteroatoms. The van der Waals surface area contributed by atoms with E-state index in [0.29, 0.717) is 45.5 Å². The van der Waals surface area contributed by atoms with Crippen LogP contribution in [0.25, 0.3) is 33.5 Å². The number of amides is 3. The van der Waals surface area contributed by atoms with Gasteiger partial charge in [-0.05, 0) is 72.4 Å². The standard InChI is InChI=1S/C50H62N6O10S/c1-33(36-8-10-37(11-9-36)46-34(2)52-32-67-46)53-48(59)43-29-40(57)30-56(43)49(60)47(50(3,4)5)55-44(58)31-65-24-23-63-20-19-62-21-22-64-25-26-66-41-15-16-42-38(28-41)12-14-39(54-42)13-7-35-17-18-51-45(27-35)61-6/h7-18,27-28,32-33,40,43,47,57H,19-26,29-31H2,1-6H3,(H,53,59)(H,55,58)/b13-7+/t33-,40+,43-,47+/m0/s1. The van der Waals surface area contributed by atoms with Crippen LogP contribution in [-0.2, 0) is 33.3 Å². The number of aryl methyl sites for hydroxylation is 1. The van der Waals surface area contributed by atoms with Crippen LogP contribution in [0.3, 0.4) is 0 Å². The van der Waals surface area contributed by atoms with Crippen LogP contribution in [0.15, 0.2) is 78.4 Å². The highest BCUT2D eigenvalue weighted by atomic mass is 32.1. The number of hydrogen-bond acceptors (Lipinski definition) is 14. The van der Waals surface area contributed by atoms with E-state index >= 15 is 0 Å². The summed E-state index contributed by atoms with van der Waals surface area (Å²) < 4.78 is 33.4. The smallest absolute Gasteiger partial charge is 0.246 e. The van der Waals surface area contributed by atoms with Gasteiger partial charge in [-0.25, -0.2) is 15.0 Å². The Morgan fingerprint density at radius 3 is 2.24 bits per heavy atom. The molecule has 1 aliphatic rings. The molecule has 6 rings (SSSR count). The monoisotopic (exact) mass is 938 g/mol. The maximum Gasteiger partial charge on any atom is 0.246 e. The number of aliphatic hydroxyl groups excluding tert-OH is 1. The number of fused-ring (bicyclic) bond motifs is 1. The molecule has 1 saturated heterocycles. The zero-order chi connectivity index (χ0) is 47.8. The summed E-state index contributed by atoms with van der Waals surface area (Å²) in [6.07, 6.45) is 4.83. The van der Waals surface area contributed by atoms with E-state index in [1.54, 1.807) is 24.6 Å². The van der Waals surface area contributed by atoms with Gasteiger partial charge in [0.05, 0.1) is 92.8 Å². The normalized spacial score (nSPS) is 16.0. The number of nitrogens with zero attached hydrogens (tertiary/aromatic N) is 4. The van der Waals surface area contributed by atoms with Gasteiger partial charge in [0.2, 0.25) is 23.6 Å². The van der Waals surface area contributed by atoms with Gasteiger partial charge in [0.1, 0.15) is 31.0 Å². The summed E-state index contributed by atoms with van der Waals surface area (Å²) in [4.78, 5) is 56.2. The molecule has 0 bridgehead atoms. The summed E-state index contributed by atoms with van der Waals surface area (Å²) in [5.74, 6) is -0.00925. The number of aromatic nitrogens is 3. The third-order valence-corrected chi connectivity index (χ3v) is 12.0. The molecule has 0 saturated carbocycles. The lowest BCUT2D eigenvalue weighted by Crippen LogP contribution is -2.58. The second kappa shape index (κ2) is 24.8. The number of rotatable bonds is 24. The van der Waals surface area contributed by atoms with Crippen molar-refractivity contribution in [2.75, 3.05) is 73.1 Å². The first kappa shape index (κ1) is 50.6. The van der Waals surface area contributed by atoms with Gasteiger partial charge in [0, 0.05) is 30.6 Å². The van der Waals surface area contributed by atoms with Gasteiger partial charge in [-0.3, -0.25) is 14.4 Å². The first-order chi connectivity index (χ1) is 32.3. The lowest BCUT2D eigenvalue weighted by molar-refractivity contribution is -0.144. The first-order valence-corrected chi connectivity index (χ1v) is 23.3. The van der Waals surface area contributed by atoms with E-state index in [9.17, 15) is 19.5 Å². The molecule has 358 valence electrons. The summed E-state index contributed by atoms with van der Waals surface area (Å²) in [5, 5.41) is 17.4. The number of β-amino-alcohol motifs (C(OH)–C–C–N with tert-alkyl or cyclic N) is 1. The number of carbonyl (C=O) groups excluding carboxylic acids is 3. The highest BCUT2D eigenvalue weighted by molar-refractivity contribution is 7.13. The van der Waals surface area contributed by atoms with Crippen molar-refractivity contribution in [2.24, 2.45) is 5.41 Å². The third-order valence-electron chi connectivity index (χ3n) is 11.0. The number of hydrogen-bond donors (Lipinski definition) is 3.